The van der Waals surface area contributed by atoms with Crippen LogP contribution in [-0.4, -0.2) is 25.0 Å². The molecule has 0 radical (unpaired) electrons. The van der Waals surface area contributed by atoms with Crippen LogP contribution in [0.4, 0.5) is 8.78 Å². The SMILES string of the molecule is C[C@@H](c1cc(-c2ccc(OCc3cccc(Cl)c3Cl)cc2)no1)[C@](O)(Cn1cncn1)c1ccc(F)cc1F. The first-order chi connectivity index (χ1) is 18.7. The summed E-state index contributed by atoms with van der Waals surface area (Å²) in [6.07, 6.45) is 2.70. The van der Waals surface area contributed by atoms with Gasteiger partial charge in [0.05, 0.1) is 22.5 Å². The van der Waals surface area contributed by atoms with Crippen molar-refractivity contribution in [1.29, 1.82) is 0 Å². The van der Waals surface area contributed by atoms with Gasteiger partial charge < -0.3 is 14.4 Å². The zero-order valence-corrected chi connectivity index (χ0v) is 22.1. The van der Waals surface area contributed by atoms with Crippen molar-refractivity contribution in [2.24, 2.45) is 0 Å². The van der Waals surface area contributed by atoms with E-state index < -0.39 is 23.2 Å². The first kappa shape index (κ1) is 26.8. The molecule has 5 aromatic rings. The molecule has 0 amide bonds. The number of nitrogens with zero attached hydrogens (tertiary/aromatic N) is 4. The topological polar surface area (TPSA) is 86.2 Å². The minimum Gasteiger partial charge on any atom is -0.489 e. The molecule has 0 saturated heterocycles. The van der Waals surface area contributed by atoms with E-state index in [0.29, 0.717) is 27.2 Å². The van der Waals surface area contributed by atoms with E-state index in [-0.39, 0.29) is 18.7 Å². The molecule has 2 heterocycles. The van der Waals surface area contributed by atoms with Gasteiger partial charge in [-0.25, -0.2) is 18.4 Å². The van der Waals surface area contributed by atoms with Crippen LogP contribution in [0, 0.1) is 11.6 Å². The molecule has 0 spiro atoms. The maximum absolute atomic E-state index is 14.9. The highest BCUT2D eigenvalue weighted by atomic mass is 35.5. The van der Waals surface area contributed by atoms with Crippen molar-refractivity contribution >= 4 is 23.2 Å². The van der Waals surface area contributed by atoms with Crippen molar-refractivity contribution in [1.82, 2.24) is 19.9 Å². The lowest BCUT2D eigenvalue weighted by molar-refractivity contribution is -0.0181. The molecule has 200 valence electrons. The molecule has 0 unspecified atom stereocenters. The molecule has 0 aliphatic heterocycles. The first-order valence-electron chi connectivity index (χ1n) is 11.9. The van der Waals surface area contributed by atoms with Gasteiger partial charge in [0.1, 0.15) is 53.7 Å². The Morgan fingerprint density at radius 1 is 1.08 bits per heavy atom. The van der Waals surface area contributed by atoms with Crippen molar-refractivity contribution in [3.63, 3.8) is 0 Å². The average molecular weight is 571 g/mol. The molecule has 3 aromatic carbocycles. The molecule has 5 rings (SSSR count). The van der Waals surface area contributed by atoms with Gasteiger partial charge in [-0.2, -0.15) is 5.10 Å². The molecule has 0 fully saturated rings. The second-order valence-corrected chi connectivity index (χ2v) is 9.79. The van der Waals surface area contributed by atoms with Crippen LogP contribution in [0.1, 0.15) is 29.7 Å². The zero-order valence-electron chi connectivity index (χ0n) is 20.6. The Labute approximate surface area is 232 Å². The van der Waals surface area contributed by atoms with Crippen LogP contribution in [0.15, 0.2) is 83.9 Å². The fraction of sp³-hybridized carbons (Fsp3) is 0.179. The number of halogens is 4. The summed E-state index contributed by atoms with van der Waals surface area (Å²) in [5.74, 6) is -1.53. The number of rotatable bonds is 9. The fourth-order valence-electron chi connectivity index (χ4n) is 4.26. The lowest BCUT2D eigenvalue weighted by Gasteiger charge is -2.33. The Morgan fingerprint density at radius 2 is 1.87 bits per heavy atom. The molecule has 0 aliphatic carbocycles. The average Bonchev–Trinajstić information content (AvgIpc) is 3.62. The van der Waals surface area contributed by atoms with Crippen molar-refractivity contribution in [3.8, 4) is 17.0 Å². The van der Waals surface area contributed by atoms with Crippen LogP contribution in [0.2, 0.25) is 10.0 Å². The lowest BCUT2D eigenvalue weighted by Crippen LogP contribution is -2.38. The van der Waals surface area contributed by atoms with E-state index in [1.807, 2.05) is 18.2 Å². The molecule has 7 nitrogen and oxygen atoms in total. The highest BCUT2D eigenvalue weighted by molar-refractivity contribution is 6.42. The second-order valence-electron chi connectivity index (χ2n) is 9.00. The van der Waals surface area contributed by atoms with Gasteiger partial charge in [0, 0.05) is 28.8 Å². The van der Waals surface area contributed by atoms with Gasteiger partial charge in [-0.05, 0) is 36.4 Å². The summed E-state index contributed by atoms with van der Waals surface area (Å²) < 4.78 is 41.3. The number of benzene rings is 3. The molecule has 0 aliphatic rings. The molecule has 1 N–H and O–H groups in total. The second kappa shape index (κ2) is 11.1. The monoisotopic (exact) mass is 570 g/mol. The van der Waals surface area contributed by atoms with Crippen LogP contribution >= 0.6 is 23.2 Å². The van der Waals surface area contributed by atoms with E-state index >= 15 is 0 Å². The summed E-state index contributed by atoms with van der Waals surface area (Å²) in [5, 5.41) is 20.9. The van der Waals surface area contributed by atoms with Gasteiger partial charge in [-0.15, -0.1) is 0 Å². The molecule has 0 saturated carbocycles. The molecular formula is C28H22Cl2F2N4O3. The van der Waals surface area contributed by atoms with Gasteiger partial charge in [-0.3, -0.25) is 0 Å². The van der Waals surface area contributed by atoms with E-state index in [2.05, 4.69) is 15.2 Å². The van der Waals surface area contributed by atoms with E-state index in [9.17, 15) is 13.9 Å². The van der Waals surface area contributed by atoms with Crippen molar-refractivity contribution in [3.05, 3.63) is 118 Å². The van der Waals surface area contributed by atoms with E-state index in [1.165, 1.54) is 23.4 Å². The highest BCUT2D eigenvalue weighted by Crippen LogP contribution is 2.40. The predicted octanol–water partition coefficient (Wildman–Crippen LogP) is 6.79. The van der Waals surface area contributed by atoms with Gasteiger partial charge in [0.25, 0.3) is 0 Å². The summed E-state index contributed by atoms with van der Waals surface area (Å²) in [4.78, 5) is 3.89. The van der Waals surface area contributed by atoms with Crippen molar-refractivity contribution < 1.29 is 23.1 Å². The Morgan fingerprint density at radius 3 is 2.59 bits per heavy atom. The Balaban J connectivity index is 1.36. The molecule has 2 atom stereocenters. The normalized spacial score (nSPS) is 13.7. The maximum Gasteiger partial charge on any atom is 0.143 e. The quantitative estimate of drug-likeness (QED) is 0.210. The largest absolute Gasteiger partial charge is 0.489 e. The molecule has 2 aromatic heterocycles. The maximum atomic E-state index is 14.9. The molecule has 0 bridgehead atoms. The summed E-state index contributed by atoms with van der Waals surface area (Å²) in [7, 11) is 0. The number of hydrogen-bond acceptors (Lipinski definition) is 6. The van der Waals surface area contributed by atoms with Gasteiger partial charge >= 0.3 is 0 Å². The third-order valence-electron chi connectivity index (χ3n) is 6.51. The first-order valence-corrected chi connectivity index (χ1v) is 12.6. The van der Waals surface area contributed by atoms with Gasteiger partial charge in [-0.1, -0.05) is 53.5 Å². The Hall–Kier alpha value is -3.79. The van der Waals surface area contributed by atoms with Crippen LogP contribution in [0.5, 0.6) is 5.75 Å². The highest BCUT2D eigenvalue weighted by Gasteiger charge is 2.42. The minimum atomic E-state index is -1.86. The van der Waals surface area contributed by atoms with Crippen LogP contribution in [-0.2, 0) is 18.8 Å². The summed E-state index contributed by atoms with van der Waals surface area (Å²) >= 11 is 12.3. The predicted molar refractivity (Wildman–Crippen MR) is 141 cm³/mol. The number of aromatic nitrogens is 4. The van der Waals surface area contributed by atoms with Crippen LogP contribution in [0.3, 0.4) is 0 Å². The number of aliphatic hydroxyl groups is 1. The molecule has 11 heteroatoms. The van der Waals surface area contributed by atoms with Crippen LogP contribution in [0.25, 0.3) is 11.3 Å². The van der Waals surface area contributed by atoms with E-state index in [1.54, 1.807) is 37.3 Å². The standard InChI is InChI=1S/C28H22Cl2F2N4O3/c1-17(28(37,14-36-16-33-15-34-36)22-10-7-20(31)11-24(22)32)26-12-25(35-39-26)18-5-8-21(9-6-18)38-13-19-3-2-4-23(29)27(19)30/h2-12,15-17,37H,13-14H2,1H3/t17-,28+/m0/s1. The Kier molecular flexibility index (Phi) is 7.65. The van der Waals surface area contributed by atoms with Crippen molar-refractivity contribution in [2.45, 2.75) is 31.6 Å². The Bertz CT molecular complexity index is 1580. The third kappa shape index (κ3) is 5.66. The number of hydrogen-bond donors (Lipinski definition) is 1. The fourth-order valence-corrected chi connectivity index (χ4v) is 4.64. The van der Waals surface area contributed by atoms with Crippen LogP contribution < -0.4 is 4.74 Å². The van der Waals surface area contributed by atoms with Crippen molar-refractivity contribution in [2.75, 3.05) is 0 Å². The van der Waals surface area contributed by atoms with Gasteiger partial charge in [0.15, 0.2) is 0 Å². The lowest BCUT2D eigenvalue weighted by atomic mass is 9.80. The van der Waals surface area contributed by atoms with E-state index in [0.717, 1.165) is 23.3 Å². The molecular weight excluding hydrogens is 549 g/mol. The third-order valence-corrected chi connectivity index (χ3v) is 7.37. The minimum absolute atomic E-state index is 0.105. The van der Waals surface area contributed by atoms with Gasteiger partial charge in [0.2, 0.25) is 0 Å². The number of ether oxygens (including phenoxy) is 1. The molecule has 39 heavy (non-hydrogen) atoms. The van der Waals surface area contributed by atoms with E-state index in [4.69, 9.17) is 32.5 Å². The summed E-state index contributed by atoms with van der Waals surface area (Å²) in [5.41, 5.74) is 0.0364. The zero-order chi connectivity index (χ0) is 27.6. The summed E-state index contributed by atoms with van der Waals surface area (Å²) in [6.45, 7) is 1.76. The summed E-state index contributed by atoms with van der Waals surface area (Å²) in [6, 6.07) is 17.2. The smallest absolute Gasteiger partial charge is 0.143 e.